The fourth-order valence-electron chi connectivity index (χ4n) is 9.78. The van der Waals surface area contributed by atoms with E-state index < -0.39 is 17.2 Å². The molecule has 6 aliphatic rings. The van der Waals surface area contributed by atoms with Crippen molar-refractivity contribution in [2.24, 2.45) is 40.4 Å². The van der Waals surface area contributed by atoms with Gasteiger partial charge in [0.2, 0.25) is 0 Å². The van der Waals surface area contributed by atoms with E-state index in [1.54, 1.807) is 24.1 Å². The van der Waals surface area contributed by atoms with Crippen molar-refractivity contribution >= 4 is 11.9 Å². The van der Waals surface area contributed by atoms with E-state index >= 15 is 0 Å². The molecule has 5 heteroatoms. The van der Waals surface area contributed by atoms with Crippen molar-refractivity contribution in [3.8, 4) is 0 Å². The lowest BCUT2D eigenvalue weighted by atomic mass is 9.52. The zero-order chi connectivity index (χ0) is 25.0. The summed E-state index contributed by atoms with van der Waals surface area (Å²) in [5, 5.41) is 10.8. The molecule has 192 valence electrons. The number of hydrogen-bond donors (Lipinski definition) is 1. The SMILES string of the molecule is CC1(C)OC(=O)C=C[C@H]2CC3=C(CC[C@H]21)[C@]1(C)CC[C@H]([C@@H]2C[C@@H]4C[C@H]2OC(=O)[C@]4(C)O)[C@@]1(C)CC3. The Morgan fingerprint density at radius 3 is 2.51 bits per heavy atom. The zero-order valence-electron chi connectivity index (χ0n) is 22.1. The third kappa shape index (κ3) is 3.22. The first kappa shape index (κ1) is 23.8. The molecule has 0 aromatic carbocycles. The van der Waals surface area contributed by atoms with Gasteiger partial charge in [0.25, 0.3) is 0 Å². The quantitative estimate of drug-likeness (QED) is 0.394. The van der Waals surface area contributed by atoms with Crippen LogP contribution in [0.2, 0.25) is 0 Å². The highest BCUT2D eigenvalue weighted by molar-refractivity contribution is 5.82. The Morgan fingerprint density at radius 1 is 0.971 bits per heavy atom. The molecule has 9 atom stereocenters. The van der Waals surface area contributed by atoms with Crippen LogP contribution in [0.15, 0.2) is 23.3 Å². The lowest BCUT2D eigenvalue weighted by Crippen LogP contribution is -2.48. The Morgan fingerprint density at radius 2 is 1.74 bits per heavy atom. The molecule has 1 N–H and O–H groups in total. The number of allylic oxidation sites excluding steroid dienone is 3. The number of hydrogen-bond acceptors (Lipinski definition) is 5. The van der Waals surface area contributed by atoms with Crippen LogP contribution in [0.25, 0.3) is 0 Å². The highest BCUT2D eigenvalue weighted by Crippen LogP contribution is 2.70. The molecule has 0 amide bonds. The molecule has 1 saturated heterocycles. The number of esters is 2. The smallest absolute Gasteiger partial charge is 0.338 e. The molecule has 4 aliphatic carbocycles. The fraction of sp³-hybridized carbons (Fsp3) is 0.800. The first-order valence-electron chi connectivity index (χ1n) is 13.9. The number of carbonyl (C=O) groups excluding carboxylic acids is 2. The minimum absolute atomic E-state index is 0.0224. The van der Waals surface area contributed by atoms with Crippen molar-refractivity contribution < 1.29 is 24.2 Å². The molecule has 6 rings (SSSR count). The second-order valence-electron chi connectivity index (χ2n) is 13.8. The number of aliphatic hydroxyl groups is 1. The van der Waals surface area contributed by atoms with Crippen molar-refractivity contribution in [3.63, 3.8) is 0 Å². The van der Waals surface area contributed by atoms with Crippen molar-refractivity contribution in [1.82, 2.24) is 0 Å². The second kappa shape index (κ2) is 7.46. The summed E-state index contributed by atoms with van der Waals surface area (Å²) in [6.45, 7) is 10.9. The maximum atomic E-state index is 12.5. The average molecular weight is 483 g/mol. The lowest BCUT2D eigenvalue weighted by molar-refractivity contribution is -0.184. The van der Waals surface area contributed by atoms with E-state index in [1.807, 2.05) is 0 Å². The van der Waals surface area contributed by atoms with E-state index in [1.165, 1.54) is 19.3 Å². The predicted molar refractivity (Wildman–Crippen MR) is 132 cm³/mol. The van der Waals surface area contributed by atoms with E-state index in [0.717, 1.165) is 38.5 Å². The molecule has 0 spiro atoms. The van der Waals surface area contributed by atoms with Gasteiger partial charge in [-0.2, -0.15) is 0 Å². The number of carbonyl (C=O) groups is 2. The molecule has 3 fully saturated rings. The van der Waals surface area contributed by atoms with Crippen LogP contribution >= 0.6 is 0 Å². The first-order chi connectivity index (χ1) is 16.4. The Hall–Kier alpha value is -1.62. The molecule has 2 saturated carbocycles. The van der Waals surface area contributed by atoms with Crippen molar-refractivity contribution in [1.29, 1.82) is 0 Å². The molecular formula is C30H42O5. The highest BCUT2D eigenvalue weighted by Gasteiger charge is 2.64. The van der Waals surface area contributed by atoms with Gasteiger partial charge in [-0.15, -0.1) is 0 Å². The van der Waals surface area contributed by atoms with Crippen LogP contribution in [-0.2, 0) is 19.1 Å². The summed E-state index contributed by atoms with van der Waals surface area (Å²) in [6.07, 6.45) is 13.3. The first-order valence-corrected chi connectivity index (χ1v) is 13.9. The topological polar surface area (TPSA) is 72.8 Å². The third-order valence-electron chi connectivity index (χ3n) is 12.0. The molecule has 0 aromatic rings. The van der Waals surface area contributed by atoms with Crippen LogP contribution in [0.5, 0.6) is 0 Å². The standard InChI is InChI=1S/C30H42O5/c1-27(2)21-7-8-22-18(14-17(21)6-9-25(31)35-27)10-12-29(4)23(11-13-28(22,29)3)20-15-19-16-24(20)34-26(32)30(19,5)33/h6,9,17,19-21,23-24,33H,7-8,10-16H2,1-5H3/t17-,19+,20-,21+,23+,24+,28-,29+,30+/m0/s1. The van der Waals surface area contributed by atoms with Crippen LogP contribution in [0.4, 0.5) is 0 Å². The lowest BCUT2D eigenvalue weighted by Gasteiger charge is -2.52. The van der Waals surface area contributed by atoms with Crippen molar-refractivity contribution in [3.05, 3.63) is 23.3 Å². The Bertz CT molecular complexity index is 1020. The van der Waals surface area contributed by atoms with Gasteiger partial charge >= 0.3 is 11.9 Å². The second-order valence-corrected chi connectivity index (χ2v) is 13.8. The third-order valence-corrected chi connectivity index (χ3v) is 12.0. The van der Waals surface area contributed by atoms with E-state index in [9.17, 15) is 14.7 Å². The van der Waals surface area contributed by atoms with Crippen LogP contribution < -0.4 is 0 Å². The Balaban J connectivity index is 1.31. The summed E-state index contributed by atoms with van der Waals surface area (Å²) in [4.78, 5) is 24.7. The van der Waals surface area contributed by atoms with Gasteiger partial charge in [-0.25, -0.2) is 9.59 Å². The van der Waals surface area contributed by atoms with Crippen molar-refractivity contribution in [2.45, 2.75) is 110 Å². The van der Waals surface area contributed by atoms with Gasteiger partial charge in [0.1, 0.15) is 11.7 Å². The summed E-state index contributed by atoms with van der Waals surface area (Å²) in [6, 6.07) is 0. The number of fused-ring (bicyclic) bond motifs is 5. The minimum Gasteiger partial charge on any atom is -0.460 e. The van der Waals surface area contributed by atoms with Gasteiger partial charge in [0, 0.05) is 17.9 Å². The molecule has 2 aliphatic heterocycles. The Labute approximate surface area is 209 Å². The van der Waals surface area contributed by atoms with Crippen molar-refractivity contribution in [2.75, 3.05) is 0 Å². The number of cyclic esters (lactones) is 1. The summed E-state index contributed by atoms with van der Waals surface area (Å²) < 4.78 is 11.7. The van der Waals surface area contributed by atoms with E-state index in [-0.39, 0.29) is 28.8 Å². The molecule has 2 heterocycles. The van der Waals surface area contributed by atoms with Gasteiger partial charge in [-0.1, -0.05) is 31.1 Å². The van der Waals surface area contributed by atoms with Crippen LogP contribution in [0, 0.1) is 40.4 Å². The van der Waals surface area contributed by atoms with E-state index in [0.29, 0.717) is 23.7 Å². The minimum atomic E-state index is -1.34. The average Bonchev–Trinajstić information content (AvgIpc) is 3.15. The van der Waals surface area contributed by atoms with Gasteiger partial charge in [-0.05, 0) is 107 Å². The van der Waals surface area contributed by atoms with Gasteiger partial charge in [0.05, 0.1) is 0 Å². The Kier molecular flexibility index (Phi) is 5.06. The van der Waals surface area contributed by atoms with Gasteiger partial charge in [-0.3, -0.25) is 0 Å². The summed E-state index contributed by atoms with van der Waals surface area (Å²) in [7, 11) is 0. The van der Waals surface area contributed by atoms with Crippen LogP contribution in [0.3, 0.4) is 0 Å². The molecule has 5 nitrogen and oxygen atoms in total. The van der Waals surface area contributed by atoms with Crippen LogP contribution in [0.1, 0.15) is 92.4 Å². The van der Waals surface area contributed by atoms with E-state index in [2.05, 4.69) is 33.8 Å². The summed E-state index contributed by atoms with van der Waals surface area (Å²) in [5.74, 6) is 0.951. The normalized spacial score (nSPS) is 50.5. The zero-order valence-corrected chi connectivity index (χ0v) is 22.1. The highest BCUT2D eigenvalue weighted by atomic mass is 16.6. The largest absolute Gasteiger partial charge is 0.460 e. The van der Waals surface area contributed by atoms with Crippen LogP contribution in [-0.4, -0.2) is 34.4 Å². The molecule has 2 bridgehead atoms. The van der Waals surface area contributed by atoms with E-state index in [4.69, 9.17) is 9.47 Å². The van der Waals surface area contributed by atoms with Gasteiger partial charge in [0.15, 0.2) is 5.60 Å². The predicted octanol–water partition coefficient (Wildman–Crippen LogP) is 5.51. The summed E-state index contributed by atoms with van der Waals surface area (Å²) in [5.41, 5.74) is 1.86. The molecule has 0 unspecified atom stereocenters. The fourth-order valence-corrected chi connectivity index (χ4v) is 9.78. The van der Waals surface area contributed by atoms with Gasteiger partial charge < -0.3 is 14.6 Å². The molecule has 0 aromatic heterocycles. The molecule has 35 heavy (non-hydrogen) atoms. The maximum Gasteiger partial charge on any atom is 0.338 e. The number of rotatable bonds is 1. The molecule has 0 radical (unpaired) electrons. The number of ether oxygens (including phenoxy) is 2. The maximum absolute atomic E-state index is 12.5. The molecular weight excluding hydrogens is 440 g/mol. The monoisotopic (exact) mass is 482 g/mol. The summed E-state index contributed by atoms with van der Waals surface area (Å²) >= 11 is 0.